The lowest BCUT2D eigenvalue weighted by Crippen LogP contribution is -2.19. The van der Waals surface area contributed by atoms with Crippen LogP contribution in [0.25, 0.3) is 0 Å². The number of rotatable bonds is 4. The average Bonchev–Trinajstić information content (AvgIpc) is 2.46. The molecule has 2 rings (SSSR count). The van der Waals surface area contributed by atoms with Crippen LogP contribution in [0.5, 0.6) is 0 Å². The van der Waals surface area contributed by atoms with Crippen molar-refractivity contribution in [2.75, 3.05) is 0 Å². The minimum atomic E-state index is -0.442. The summed E-state index contributed by atoms with van der Waals surface area (Å²) in [4.78, 5) is 11.8. The van der Waals surface area contributed by atoms with E-state index in [0.29, 0.717) is 6.42 Å². The van der Waals surface area contributed by atoms with Gasteiger partial charge in [0, 0.05) is 17.7 Å². The van der Waals surface area contributed by atoms with Crippen molar-refractivity contribution in [1.29, 1.82) is 0 Å². The lowest BCUT2D eigenvalue weighted by molar-refractivity contribution is 0.0954. The molecule has 102 valence electrons. The highest BCUT2D eigenvalue weighted by Crippen LogP contribution is 2.04. The number of benzene rings is 2. The normalized spacial score (nSPS) is 11.2. The first-order valence-corrected chi connectivity index (χ1v) is 6.28. The molecule has 0 fully saturated rings. The van der Waals surface area contributed by atoms with Gasteiger partial charge in [0.1, 0.15) is 5.82 Å². The monoisotopic (exact) mass is 270 g/mol. The zero-order valence-electron chi connectivity index (χ0n) is 11.1. The third-order valence-corrected chi connectivity index (χ3v) is 2.74. The number of nitrogens with zero attached hydrogens (tertiary/aromatic N) is 1. The Morgan fingerprint density at radius 3 is 2.60 bits per heavy atom. The minimum absolute atomic E-state index is 0.251. The van der Waals surface area contributed by atoms with Crippen molar-refractivity contribution in [2.45, 2.75) is 13.3 Å². The molecule has 0 aliphatic heterocycles. The SMILES string of the molecule is C/C(Cc1ccccc1)=N\NC(=O)c1cccc(F)c1. The first-order chi connectivity index (χ1) is 9.65. The molecule has 0 radical (unpaired) electrons. The Balaban J connectivity index is 1.96. The number of hydrogen-bond acceptors (Lipinski definition) is 2. The quantitative estimate of drug-likeness (QED) is 0.673. The maximum atomic E-state index is 13.0. The standard InChI is InChI=1S/C16H15FN2O/c1-12(10-13-6-3-2-4-7-13)18-19-16(20)14-8-5-9-15(17)11-14/h2-9,11H,10H2,1H3,(H,19,20)/b18-12+. The zero-order chi connectivity index (χ0) is 14.4. The Hall–Kier alpha value is -2.49. The van der Waals surface area contributed by atoms with E-state index in [9.17, 15) is 9.18 Å². The molecule has 1 N–H and O–H groups in total. The number of carbonyl (C=O) groups is 1. The molecule has 3 nitrogen and oxygen atoms in total. The van der Waals surface area contributed by atoms with Gasteiger partial charge in [0.25, 0.3) is 5.91 Å². The van der Waals surface area contributed by atoms with E-state index in [0.717, 1.165) is 11.3 Å². The number of amides is 1. The highest BCUT2D eigenvalue weighted by molar-refractivity contribution is 5.95. The van der Waals surface area contributed by atoms with E-state index in [1.807, 2.05) is 37.3 Å². The molecule has 0 saturated heterocycles. The second-order valence-electron chi connectivity index (χ2n) is 4.46. The van der Waals surface area contributed by atoms with Crippen LogP contribution in [0, 0.1) is 5.82 Å². The molecule has 0 spiro atoms. The van der Waals surface area contributed by atoms with E-state index in [4.69, 9.17) is 0 Å². The van der Waals surface area contributed by atoms with Crippen LogP contribution in [0.1, 0.15) is 22.8 Å². The molecule has 1 amide bonds. The molecule has 0 unspecified atom stereocenters. The molecule has 2 aromatic carbocycles. The van der Waals surface area contributed by atoms with Crippen LogP contribution in [0.2, 0.25) is 0 Å². The summed E-state index contributed by atoms with van der Waals surface area (Å²) < 4.78 is 13.0. The smallest absolute Gasteiger partial charge is 0.267 e. The molecule has 0 atom stereocenters. The van der Waals surface area contributed by atoms with E-state index in [2.05, 4.69) is 10.5 Å². The molecule has 0 bridgehead atoms. The summed E-state index contributed by atoms with van der Waals surface area (Å²) in [5.74, 6) is -0.862. The van der Waals surface area contributed by atoms with Gasteiger partial charge in [-0.1, -0.05) is 36.4 Å². The highest BCUT2D eigenvalue weighted by Gasteiger charge is 2.05. The second-order valence-corrected chi connectivity index (χ2v) is 4.46. The molecule has 20 heavy (non-hydrogen) atoms. The van der Waals surface area contributed by atoms with E-state index in [1.54, 1.807) is 6.07 Å². The van der Waals surface area contributed by atoms with Gasteiger partial charge in [0.15, 0.2) is 0 Å². The molecular formula is C16H15FN2O. The fraction of sp³-hybridized carbons (Fsp3) is 0.125. The summed E-state index contributed by atoms with van der Waals surface area (Å²) >= 11 is 0. The first kappa shape index (κ1) is 13.9. The van der Waals surface area contributed by atoms with Gasteiger partial charge in [-0.25, -0.2) is 9.82 Å². The Kier molecular flexibility index (Phi) is 4.60. The Morgan fingerprint density at radius 2 is 1.90 bits per heavy atom. The van der Waals surface area contributed by atoms with Gasteiger partial charge in [-0.15, -0.1) is 0 Å². The van der Waals surface area contributed by atoms with Crippen LogP contribution in [-0.4, -0.2) is 11.6 Å². The van der Waals surface area contributed by atoms with Crippen LogP contribution >= 0.6 is 0 Å². The van der Waals surface area contributed by atoms with Crippen molar-refractivity contribution < 1.29 is 9.18 Å². The molecular weight excluding hydrogens is 255 g/mol. The average molecular weight is 270 g/mol. The zero-order valence-corrected chi connectivity index (χ0v) is 11.1. The van der Waals surface area contributed by atoms with Gasteiger partial charge in [0.2, 0.25) is 0 Å². The third kappa shape index (κ3) is 4.02. The topological polar surface area (TPSA) is 41.5 Å². The Labute approximate surface area is 117 Å². The number of halogens is 1. The van der Waals surface area contributed by atoms with Crippen molar-refractivity contribution in [3.63, 3.8) is 0 Å². The van der Waals surface area contributed by atoms with E-state index in [-0.39, 0.29) is 5.56 Å². The number of nitrogens with one attached hydrogen (secondary N) is 1. The van der Waals surface area contributed by atoms with Crippen molar-refractivity contribution in [3.8, 4) is 0 Å². The van der Waals surface area contributed by atoms with E-state index >= 15 is 0 Å². The number of carbonyl (C=O) groups excluding carboxylic acids is 1. The fourth-order valence-electron chi connectivity index (χ4n) is 1.77. The third-order valence-electron chi connectivity index (χ3n) is 2.74. The van der Waals surface area contributed by atoms with Gasteiger partial charge < -0.3 is 0 Å². The van der Waals surface area contributed by atoms with Crippen LogP contribution in [0.4, 0.5) is 4.39 Å². The van der Waals surface area contributed by atoms with Crippen molar-refractivity contribution in [1.82, 2.24) is 5.43 Å². The highest BCUT2D eigenvalue weighted by atomic mass is 19.1. The minimum Gasteiger partial charge on any atom is -0.267 e. The molecule has 0 aromatic heterocycles. The van der Waals surface area contributed by atoms with Gasteiger partial charge >= 0.3 is 0 Å². The van der Waals surface area contributed by atoms with Crippen LogP contribution < -0.4 is 5.43 Å². The number of hydrogen-bond donors (Lipinski definition) is 1. The van der Waals surface area contributed by atoms with Gasteiger partial charge in [0.05, 0.1) is 0 Å². The van der Waals surface area contributed by atoms with Crippen LogP contribution in [-0.2, 0) is 6.42 Å². The predicted molar refractivity (Wildman–Crippen MR) is 77.1 cm³/mol. The second kappa shape index (κ2) is 6.61. The Morgan fingerprint density at radius 1 is 1.15 bits per heavy atom. The van der Waals surface area contributed by atoms with Gasteiger partial charge in [-0.2, -0.15) is 5.10 Å². The lowest BCUT2D eigenvalue weighted by atomic mass is 10.1. The largest absolute Gasteiger partial charge is 0.271 e. The van der Waals surface area contributed by atoms with Crippen molar-refractivity contribution >= 4 is 11.6 Å². The lowest BCUT2D eigenvalue weighted by Gasteiger charge is -2.03. The molecule has 0 aliphatic rings. The van der Waals surface area contributed by atoms with Gasteiger partial charge in [-0.3, -0.25) is 4.79 Å². The Bertz CT molecular complexity index is 623. The molecule has 0 aliphatic carbocycles. The summed E-state index contributed by atoms with van der Waals surface area (Å²) in [6, 6.07) is 15.3. The maximum Gasteiger partial charge on any atom is 0.271 e. The van der Waals surface area contributed by atoms with Crippen molar-refractivity contribution in [2.24, 2.45) is 5.10 Å². The molecule has 4 heteroatoms. The van der Waals surface area contributed by atoms with Crippen molar-refractivity contribution in [3.05, 3.63) is 71.5 Å². The fourth-order valence-corrected chi connectivity index (χ4v) is 1.77. The summed E-state index contributed by atoms with van der Waals surface area (Å²) in [6.07, 6.45) is 0.657. The van der Waals surface area contributed by atoms with Crippen LogP contribution in [0.3, 0.4) is 0 Å². The summed E-state index contributed by atoms with van der Waals surface area (Å²) in [5, 5.41) is 4.02. The number of hydrazone groups is 1. The molecule has 2 aromatic rings. The van der Waals surface area contributed by atoms with Crippen LogP contribution in [0.15, 0.2) is 59.7 Å². The van der Waals surface area contributed by atoms with E-state index < -0.39 is 11.7 Å². The van der Waals surface area contributed by atoms with Gasteiger partial charge in [-0.05, 0) is 30.7 Å². The summed E-state index contributed by atoms with van der Waals surface area (Å²) in [5.41, 5.74) is 4.58. The molecule has 0 saturated carbocycles. The summed E-state index contributed by atoms with van der Waals surface area (Å²) in [6.45, 7) is 1.83. The summed E-state index contributed by atoms with van der Waals surface area (Å²) in [7, 11) is 0. The molecule has 0 heterocycles. The van der Waals surface area contributed by atoms with E-state index in [1.165, 1.54) is 18.2 Å². The first-order valence-electron chi connectivity index (χ1n) is 6.28. The maximum absolute atomic E-state index is 13.0. The predicted octanol–water partition coefficient (Wildman–Crippen LogP) is 3.17.